The molecule has 0 aliphatic carbocycles. The molecule has 0 aromatic heterocycles. The van der Waals surface area contributed by atoms with E-state index in [9.17, 15) is 4.79 Å². The van der Waals surface area contributed by atoms with Gasteiger partial charge in [-0.15, -0.1) is 0 Å². The van der Waals surface area contributed by atoms with Crippen molar-refractivity contribution in [2.45, 2.75) is 6.61 Å². The van der Waals surface area contributed by atoms with Crippen LogP contribution < -0.4 is 14.2 Å². The van der Waals surface area contributed by atoms with Crippen LogP contribution in [0.1, 0.15) is 27.0 Å². The van der Waals surface area contributed by atoms with Crippen molar-refractivity contribution < 1.29 is 23.7 Å². The highest BCUT2D eigenvalue weighted by atomic mass is 16.5. The van der Waals surface area contributed by atoms with Crippen molar-refractivity contribution in [2.24, 2.45) is 0 Å². The average Bonchev–Trinajstić information content (AvgIpc) is 2.81. The van der Waals surface area contributed by atoms with Crippen LogP contribution in [0.2, 0.25) is 0 Å². The summed E-state index contributed by atoms with van der Waals surface area (Å²) in [6, 6.07) is 20.7. The summed E-state index contributed by atoms with van der Waals surface area (Å²) in [4.78, 5) is 11.5. The molecule has 0 atom stereocenters. The van der Waals surface area contributed by atoms with Crippen LogP contribution in [-0.4, -0.2) is 27.3 Å². The van der Waals surface area contributed by atoms with Gasteiger partial charge in [0, 0.05) is 0 Å². The quantitative estimate of drug-likeness (QED) is 0.380. The number of esters is 1. The fourth-order valence-corrected chi connectivity index (χ4v) is 2.83. The lowest BCUT2D eigenvalue weighted by Gasteiger charge is -2.12. The Kier molecular flexibility index (Phi) is 7.11. The molecule has 3 aromatic carbocycles. The Morgan fingerprint density at radius 2 is 1.43 bits per heavy atom. The standard InChI is InChI=1S/C25H24O5/c1-27-22-13-8-20(9-14-22)17-30-23-15-10-19(16-24(23)28-2)5-4-18-6-11-21(12-7-18)25(26)29-3/h4-16H,17H2,1-3H3/b5-4+. The largest absolute Gasteiger partial charge is 0.497 e. The molecule has 5 nitrogen and oxygen atoms in total. The van der Waals surface area contributed by atoms with Gasteiger partial charge in [-0.3, -0.25) is 0 Å². The van der Waals surface area contributed by atoms with Gasteiger partial charge in [0.2, 0.25) is 0 Å². The lowest BCUT2D eigenvalue weighted by molar-refractivity contribution is 0.0600. The van der Waals surface area contributed by atoms with Gasteiger partial charge in [0.05, 0.1) is 26.9 Å². The van der Waals surface area contributed by atoms with E-state index in [-0.39, 0.29) is 5.97 Å². The molecular formula is C25H24O5. The predicted octanol–water partition coefficient (Wildman–Crippen LogP) is 5.24. The van der Waals surface area contributed by atoms with E-state index >= 15 is 0 Å². The molecule has 0 heterocycles. The Morgan fingerprint density at radius 3 is 2.07 bits per heavy atom. The molecule has 5 heteroatoms. The van der Waals surface area contributed by atoms with Crippen LogP contribution >= 0.6 is 0 Å². The summed E-state index contributed by atoms with van der Waals surface area (Å²) in [5, 5.41) is 0. The maximum absolute atomic E-state index is 11.5. The number of methoxy groups -OCH3 is 3. The summed E-state index contributed by atoms with van der Waals surface area (Å²) in [6.45, 7) is 0.433. The van der Waals surface area contributed by atoms with Crippen molar-refractivity contribution in [3.8, 4) is 17.2 Å². The van der Waals surface area contributed by atoms with Crippen LogP contribution in [-0.2, 0) is 11.3 Å². The van der Waals surface area contributed by atoms with Crippen molar-refractivity contribution in [3.05, 3.63) is 89.0 Å². The van der Waals surface area contributed by atoms with Crippen molar-refractivity contribution in [2.75, 3.05) is 21.3 Å². The van der Waals surface area contributed by atoms with Gasteiger partial charge in [-0.25, -0.2) is 4.79 Å². The van der Waals surface area contributed by atoms with E-state index in [2.05, 4.69) is 0 Å². The minimum Gasteiger partial charge on any atom is -0.497 e. The topological polar surface area (TPSA) is 54.0 Å². The highest BCUT2D eigenvalue weighted by Gasteiger charge is 2.06. The van der Waals surface area contributed by atoms with E-state index in [4.69, 9.17) is 18.9 Å². The molecule has 0 spiro atoms. The van der Waals surface area contributed by atoms with Crippen LogP contribution in [0.3, 0.4) is 0 Å². The lowest BCUT2D eigenvalue weighted by Crippen LogP contribution is -2.00. The van der Waals surface area contributed by atoms with E-state index in [0.717, 1.165) is 22.4 Å². The van der Waals surface area contributed by atoms with Gasteiger partial charge in [0.1, 0.15) is 12.4 Å². The Hall–Kier alpha value is -3.73. The van der Waals surface area contributed by atoms with Gasteiger partial charge >= 0.3 is 5.97 Å². The zero-order valence-corrected chi connectivity index (χ0v) is 17.3. The number of hydrogen-bond acceptors (Lipinski definition) is 5. The number of ether oxygens (including phenoxy) is 4. The summed E-state index contributed by atoms with van der Waals surface area (Å²) >= 11 is 0. The van der Waals surface area contributed by atoms with Crippen LogP contribution in [0.5, 0.6) is 17.2 Å². The minimum atomic E-state index is -0.347. The van der Waals surface area contributed by atoms with Gasteiger partial charge in [0.15, 0.2) is 11.5 Å². The Balaban J connectivity index is 1.67. The second kappa shape index (κ2) is 10.2. The Morgan fingerprint density at radius 1 is 0.767 bits per heavy atom. The third-order valence-electron chi connectivity index (χ3n) is 4.54. The molecule has 0 aliphatic rings. The van der Waals surface area contributed by atoms with E-state index in [1.165, 1.54) is 7.11 Å². The number of benzene rings is 3. The molecule has 3 rings (SSSR count). The van der Waals surface area contributed by atoms with E-state index in [1.807, 2.05) is 66.7 Å². The van der Waals surface area contributed by atoms with Crippen molar-refractivity contribution in [1.82, 2.24) is 0 Å². The molecule has 30 heavy (non-hydrogen) atoms. The summed E-state index contributed by atoms with van der Waals surface area (Å²) < 4.78 is 21.3. The SMILES string of the molecule is COC(=O)c1ccc(/C=C/c2ccc(OCc3ccc(OC)cc3)c(OC)c2)cc1. The highest BCUT2D eigenvalue weighted by Crippen LogP contribution is 2.29. The number of hydrogen-bond donors (Lipinski definition) is 0. The molecule has 0 aliphatic heterocycles. The zero-order chi connectivity index (χ0) is 21.3. The summed E-state index contributed by atoms with van der Waals surface area (Å²) in [5.41, 5.74) is 3.51. The molecule has 3 aromatic rings. The van der Waals surface area contributed by atoms with Crippen molar-refractivity contribution >= 4 is 18.1 Å². The molecule has 0 fully saturated rings. The summed E-state index contributed by atoms with van der Waals surface area (Å²) in [6.07, 6.45) is 3.94. The van der Waals surface area contributed by atoms with Crippen molar-refractivity contribution in [3.63, 3.8) is 0 Å². The first-order chi connectivity index (χ1) is 14.6. The lowest BCUT2D eigenvalue weighted by atomic mass is 10.1. The first kappa shape index (κ1) is 21.0. The third-order valence-corrected chi connectivity index (χ3v) is 4.54. The Bertz CT molecular complexity index is 1000. The number of carbonyl (C=O) groups is 1. The molecule has 154 valence electrons. The fourth-order valence-electron chi connectivity index (χ4n) is 2.83. The first-order valence-electron chi connectivity index (χ1n) is 9.43. The number of carbonyl (C=O) groups excluding carboxylic acids is 1. The molecular weight excluding hydrogens is 380 g/mol. The minimum absolute atomic E-state index is 0.347. The van der Waals surface area contributed by atoms with E-state index < -0.39 is 0 Å². The average molecular weight is 404 g/mol. The van der Waals surface area contributed by atoms with Crippen LogP contribution in [0.25, 0.3) is 12.2 Å². The van der Waals surface area contributed by atoms with Gasteiger partial charge in [-0.1, -0.05) is 42.5 Å². The van der Waals surface area contributed by atoms with Crippen LogP contribution in [0.4, 0.5) is 0 Å². The highest BCUT2D eigenvalue weighted by molar-refractivity contribution is 5.89. The van der Waals surface area contributed by atoms with E-state index in [0.29, 0.717) is 23.7 Å². The first-order valence-corrected chi connectivity index (χ1v) is 9.43. The molecule has 0 unspecified atom stereocenters. The fraction of sp³-hybridized carbons (Fsp3) is 0.160. The summed E-state index contributed by atoms with van der Waals surface area (Å²) in [7, 11) is 4.63. The maximum atomic E-state index is 11.5. The molecule has 0 bridgehead atoms. The second-order valence-corrected chi connectivity index (χ2v) is 6.49. The molecule has 0 saturated carbocycles. The van der Waals surface area contributed by atoms with E-state index in [1.54, 1.807) is 26.4 Å². The van der Waals surface area contributed by atoms with Gasteiger partial charge in [-0.05, 0) is 53.1 Å². The number of rotatable bonds is 8. The van der Waals surface area contributed by atoms with Crippen LogP contribution in [0.15, 0.2) is 66.7 Å². The maximum Gasteiger partial charge on any atom is 0.337 e. The normalized spacial score (nSPS) is 10.6. The zero-order valence-electron chi connectivity index (χ0n) is 17.3. The molecule has 0 amide bonds. The summed E-state index contributed by atoms with van der Waals surface area (Å²) in [5.74, 6) is 1.80. The predicted molar refractivity (Wildman–Crippen MR) is 117 cm³/mol. The smallest absolute Gasteiger partial charge is 0.337 e. The molecule has 0 radical (unpaired) electrons. The van der Waals surface area contributed by atoms with Gasteiger partial charge < -0.3 is 18.9 Å². The van der Waals surface area contributed by atoms with Gasteiger partial charge in [0.25, 0.3) is 0 Å². The van der Waals surface area contributed by atoms with Crippen molar-refractivity contribution in [1.29, 1.82) is 0 Å². The molecule has 0 saturated heterocycles. The van der Waals surface area contributed by atoms with Gasteiger partial charge in [-0.2, -0.15) is 0 Å². The Labute approximate surface area is 176 Å². The third kappa shape index (κ3) is 5.41. The van der Waals surface area contributed by atoms with Crippen LogP contribution in [0, 0.1) is 0 Å². The molecule has 0 N–H and O–H groups in total. The second-order valence-electron chi connectivity index (χ2n) is 6.49. The monoisotopic (exact) mass is 404 g/mol.